The van der Waals surface area contributed by atoms with E-state index in [1.165, 1.54) is 0 Å². The maximum absolute atomic E-state index is 5.76. The van der Waals surface area contributed by atoms with Gasteiger partial charge in [0.1, 0.15) is 0 Å². The van der Waals surface area contributed by atoms with Crippen LogP contribution >= 0.6 is 33.2 Å². The van der Waals surface area contributed by atoms with Crippen molar-refractivity contribution in [3.8, 4) is 0 Å². The van der Waals surface area contributed by atoms with Crippen molar-refractivity contribution in [3.63, 3.8) is 0 Å². The average molecular weight is 252 g/mol. The Kier molecular flexibility index (Phi) is 7.00. The number of methoxy groups -OCH3 is 2. The van der Waals surface area contributed by atoms with Crippen molar-refractivity contribution >= 4 is 39.2 Å². The third-order valence-electron chi connectivity index (χ3n) is 1.32. The zero-order valence-corrected chi connectivity index (χ0v) is 10.4. The van der Waals surface area contributed by atoms with E-state index >= 15 is 0 Å². The lowest BCUT2D eigenvalue weighted by molar-refractivity contribution is 0.0932. The van der Waals surface area contributed by atoms with Gasteiger partial charge in [-0.3, -0.25) is 0 Å². The lowest BCUT2D eigenvalue weighted by atomic mass is 10.2. The molecule has 0 unspecified atom stereocenters. The van der Waals surface area contributed by atoms with Gasteiger partial charge >= 0.3 is 6.00 Å². The molecule has 0 aromatic carbocycles. The Morgan fingerprint density at radius 1 is 1.08 bits per heavy atom. The van der Waals surface area contributed by atoms with Crippen LogP contribution in [0.25, 0.3) is 0 Å². The van der Waals surface area contributed by atoms with Gasteiger partial charge in [0.25, 0.3) is 0 Å². The van der Waals surface area contributed by atoms with Crippen LogP contribution in [0.3, 0.4) is 0 Å². The Bertz CT molecular complexity index is 112. The summed E-state index contributed by atoms with van der Waals surface area (Å²) in [7, 11) is 3.26. The standard InChI is InChI=1S/C6H13Cl3O2Si/c1-10-3-6(4-11-2)5-12(7,8)9/h6H,3-5H2,1-2H3. The minimum atomic E-state index is -2.54. The van der Waals surface area contributed by atoms with Gasteiger partial charge in [0, 0.05) is 20.1 Å². The maximum Gasteiger partial charge on any atom is 0.341 e. The SMILES string of the molecule is COCC(COC)C[Si](Cl)(Cl)Cl. The summed E-state index contributed by atoms with van der Waals surface area (Å²) in [6.07, 6.45) is 0. The van der Waals surface area contributed by atoms with Crippen LogP contribution in [0, 0.1) is 5.92 Å². The smallest absolute Gasteiger partial charge is 0.341 e. The molecule has 0 aliphatic rings. The number of halogens is 3. The van der Waals surface area contributed by atoms with Gasteiger partial charge in [0.2, 0.25) is 0 Å². The first kappa shape index (κ1) is 13.0. The Labute approximate surface area is 88.2 Å². The molecule has 0 N–H and O–H groups in total. The predicted octanol–water partition coefficient (Wildman–Crippen LogP) is 2.55. The molecule has 0 saturated heterocycles. The second-order valence-corrected chi connectivity index (χ2v) is 11.8. The highest BCUT2D eigenvalue weighted by Crippen LogP contribution is 2.29. The molecular formula is C6H13Cl3O2Si. The Morgan fingerprint density at radius 2 is 1.50 bits per heavy atom. The summed E-state index contributed by atoms with van der Waals surface area (Å²) in [4.78, 5) is 0. The molecule has 0 aliphatic carbocycles. The molecule has 0 amide bonds. The largest absolute Gasteiger partial charge is 0.384 e. The molecule has 0 aromatic rings. The molecule has 6 heteroatoms. The minimum absolute atomic E-state index is 0.194. The summed E-state index contributed by atoms with van der Waals surface area (Å²) < 4.78 is 9.94. The highest BCUT2D eigenvalue weighted by atomic mass is 35.8. The third kappa shape index (κ3) is 7.65. The summed E-state index contributed by atoms with van der Waals surface area (Å²) >= 11 is 17.3. The molecule has 12 heavy (non-hydrogen) atoms. The van der Waals surface area contributed by atoms with Crippen LogP contribution in [0.1, 0.15) is 0 Å². The first-order chi connectivity index (χ1) is 5.49. The molecule has 0 fully saturated rings. The van der Waals surface area contributed by atoms with E-state index < -0.39 is 6.00 Å². The lowest BCUT2D eigenvalue weighted by Crippen LogP contribution is -2.23. The van der Waals surface area contributed by atoms with Gasteiger partial charge in [-0.15, -0.1) is 33.2 Å². The highest BCUT2D eigenvalue weighted by molar-refractivity contribution is 7.64. The van der Waals surface area contributed by atoms with Gasteiger partial charge in [-0.05, 0) is 6.04 Å². The molecule has 0 spiro atoms. The Balaban J connectivity index is 3.77. The number of ether oxygens (including phenoxy) is 2. The fourth-order valence-electron chi connectivity index (χ4n) is 0.965. The van der Waals surface area contributed by atoms with Gasteiger partial charge < -0.3 is 9.47 Å². The van der Waals surface area contributed by atoms with Crippen LogP contribution in [0.5, 0.6) is 0 Å². The molecular weight excluding hydrogens is 239 g/mol. The van der Waals surface area contributed by atoms with E-state index in [0.717, 1.165) is 0 Å². The van der Waals surface area contributed by atoms with Crippen LogP contribution in [0.15, 0.2) is 0 Å². The highest BCUT2D eigenvalue weighted by Gasteiger charge is 2.29. The molecule has 0 bridgehead atoms. The number of hydrogen-bond donors (Lipinski definition) is 0. The molecule has 0 heterocycles. The fraction of sp³-hybridized carbons (Fsp3) is 1.00. The van der Waals surface area contributed by atoms with Crippen LogP contribution < -0.4 is 0 Å². The van der Waals surface area contributed by atoms with Crippen molar-refractivity contribution in [1.29, 1.82) is 0 Å². The van der Waals surface area contributed by atoms with E-state index in [4.69, 9.17) is 42.7 Å². The summed E-state index contributed by atoms with van der Waals surface area (Å²) in [5, 5.41) is 0. The van der Waals surface area contributed by atoms with Crippen molar-refractivity contribution in [2.45, 2.75) is 6.04 Å². The first-order valence-electron chi connectivity index (χ1n) is 3.54. The van der Waals surface area contributed by atoms with Gasteiger partial charge in [-0.1, -0.05) is 0 Å². The fourth-order valence-corrected chi connectivity index (χ4v) is 3.82. The lowest BCUT2D eigenvalue weighted by Gasteiger charge is -2.17. The molecule has 0 rings (SSSR count). The Morgan fingerprint density at radius 3 is 1.75 bits per heavy atom. The number of hydrogen-bond acceptors (Lipinski definition) is 2. The van der Waals surface area contributed by atoms with Crippen molar-refractivity contribution in [2.75, 3.05) is 27.4 Å². The first-order valence-corrected chi connectivity index (χ1v) is 8.78. The van der Waals surface area contributed by atoms with Crippen molar-refractivity contribution in [2.24, 2.45) is 5.92 Å². The molecule has 0 atom stereocenters. The van der Waals surface area contributed by atoms with Crippen LogP contribution in [0.4, 0.5) is 0 Å². The van der Waals surface area contributed by atoms with E-state index in [2.05, 4.69) is 0 Å². The minimum Gasteiger partial charge on any atom is -0.384 e. The normalized spacial score (nSPS) is 12.5. The molecule has 0 aliphatic heterocycles. The molecule has 74 valence electrons. The van der Waals surface area contributed by atoms with E-state index in [0.29, 0.717) is 19.3 Å². The molecule has 0 radical (unpaired) electrons. The van der Waals surface area contributed by atoms with Gasteiger partial charge in [0.15, 0.2) is 0 Å². The zero-order chi connectivity index (χ0) is 9.61. The second kappa shape index (κ2) is 6.46. The number of rotatable bonds is 6. The average Bonchev–Trinajstić information content (AvgIpc) is 1.84. The summed E-state index contributed by atoms with van der Waals surface area (Å²) in [5.41, 5.74) is 0. The van der Waals surface area contributed by atoms with Crippen molar-refractivity contribution in [1.82, 2.24) is 0 Å². The van der Waals surface area contributed by atoms with Gasteiger partial charge in [-0.2, -0.15) is 0 Å². The summed E-state index contributed by atoms with van der Waals surface area (Å²) in [5.74, 6) is 0.194. The predicted molar refractivity (Wildman–Crippen MR) is 55.4 cm³/mol. The zero-order valence-electron chi connectivity index (χ0n) is 7.15. The van der Waals surface area contributed by atoms with Crippen molar-refractivity contribution < 1.29 is 9.47 Å². The molecule has 2 nitrogen and oxygen atoms in total. The van der Waals surface area contributed by atoms with Crippen LogP contribution in [0.2, 0.25) is 6.04 Å². The van der Waals surface area contributed by atoms with Gasteiger partial charge in [-0.25, -0.2) is 0 Å². The van der Waals surface area contributed by atoms with Crippen molar-refractivity contribution in [3.05, 3.63) is 0 Å². The third-order valence-corrected chi connectivity index (χ3v) is 3.75. The van der Waals surface area contributed by atoms with E-state index in [1.54, 1.807) is 14.2 Å². The monoisotopic (exact) mass is 250 g/mol. The van der Waals surface area contributed by atoms with E-state index in [9.17, 15) is 0 Å². The van der Waals surface area contributed by atoms with E-state index in [1.807, 2.05) is 0 Å². The molecule has 0 aromatic heterocycles. The topological polar surface area (TPSA) is 18.5 Å². The Hall–Kier alpha value is 1.01. The quantitative estimate of drug-likeness (QED) is 0.534. The van der Waals surface area contributed by atoms with E-state index in [-0.39, 0.29) is 5.92 Å². The summed E-state index contributed by atoms with van der Waals surface area (Å²) in [6, 6.07) is -1.96. The summed E-state index contributed by atoms with van der Waals surface area (Å²) in [6.45, 7) is 1.16. The van der Waals surface area contributed by atoms with Gasteiger partial charge in [0.05, 0.1) is 13.2 Å². The van der Waals surface area contributed by atoms with Crippen LogP contribution in [-0.2, 0) is 9.47 Å². The maximum atomic E-state index is 5.76. The second-order valence-electron chi connectivity index (χ2n) is 2.60. The molecule has 0 saturated carbocycles. The van der Waals surface area contributed by atoms with Crippen LogP contribution in [-0.4, -0.2) is 33.4 Å².